The third kappa shape index (κ3) is 14.5. The molecule has 2 heterocycles. The van der Waals surface area contributed by atoms with Gasteiger partial charge in [0.25, 0.3) is 0 Å². The number of aromatic nitrogens is 2. The maximum Gasteiger partial charge on any atom is 0.142 e. The highest BCUT2D eigenvalue weighted by Gasteiger charge is 2.27. The summed E-state index contributed by atoms with van der Waals surface area (Å²) in [5, 5.41) is 39.4. The van der Waals surface area contributed by atoms with Crippen LogP contribution in [0.25, 0.3) is 11.1 Å². The van der Waals surface area contributed by atoms with Crippen LogP contribution >= 0.6 is 23.2 Å². The number of hydrogen-bond donors (Lipinski definition) is 5. The molecule has 0 saturated carbocycles. The van der Waals surface area contributed by atoms with Gasteiger partial charge in [-0.25, -0.2) is 8.78 Å². The van der Waals surface area contributed by atoms with Crippen molar-refractivity contribution in [3.63, 3.8) is 0 Å². The first-order valence-corrected chi connectivity index (χ1v) is 23.5. The Morgan fingerprint density at radius 2 is 1.06 bits per heavy atom. The van der Waals surface area contributed by atoms with Gasteiger partial charge in [0.15, 0.2) is 0 Å². The van der Waals surface area contributed by atoms with Gasteiger partial charge in [0.1, 0.15) is 67.8 Å². The summed E-state index contributed by atoms with van der Waals surface area (Å²) >= 11 is 13.7. The second kappa shape index (κ2) is 24.2. The predicted octanol–water partition coefficient (Wildman–Crippen LogP) is 10.7. The van der Waals surface area contributed by atoms with Gasteiger partial charge in [0.2, 0.25) is 0 Å². The first kappa shape index (κ1) is 53.3. The van der Waals surface area contributed by atoms with Crippen LogP contribution in [0.2, 0.25) is 10.0 Å². The molecule has 370 valence electrons. The minimum atomic E-state index is -1.51. The number of rotatable bonds is 24. The first-order chi connectivity index (χ1) is 33.3. The first-order valence-electron chi connectivity index (χ1n) is 22.8. The summed E-state index contributed by atoms with van der Waals surface area (Å²) in [5.74, 6) is 1.71. The van der Waals surface area contributed by atoms with Crippen molar-refractivity contribution in [2.45, 2.75) is 105 Å². The van der Waals surface area contributed by atoms with E-state index in [2.05, 4.69) is 44.1 Å². The molecule has 6 aromatic rings. The van der Waals surface area contributed by atoms with E-state index in [1.165, 1.54) is 33.9 Å². The highest BCUT2D eigenvalue weighted by Crippen LogP contribution is 2.38. The van der Waals surface area contributed by atoms with Gasteiger partial charge in [-0.15, -0.1) is 0 Å². The average molecular weight is 998 g/mol. The third-order valence-electron chi connectivity index (χ3n) is 11.8. The maximum absolute atomic E-state index is 14.6. The Balaban J connectivity index is 1.19. The van der Waals surface area contributed by atoms with E-state index in [9.17, 15) is 24.3 Å². The van der Waals surface area contributed by atoms with Gasteiger partial charge in [-0.1, -0.05) is 59.6 Å². The largest absolute Gasteiger partial charge is 0.488 e. The summed E-state index contributed by atoms with van der Waals surface area (Å²) in [6, 6.07) is 24.7. The molecular formula is C54H60Cl2F2N6O6. The minimum Gasteiger partial charge on any atom is -0.488 e. The molecule has 0 fully saturated rings. The van der Waals surface area contributed by atoms with E-state index >= 15 is 0 Å². The van der Waals surface area contributed by atoms with E-state index in [-0.39, 0.29) is 52.6 Å². The molecule has 6 rings (SSSR count). The third-order valence-corrected chi connectivity index (χ3v) is 12.4. The lowest BCUT2D eigenvalue weighted by Crippen LogP contribution is -2.40. The monoisotopic (exact) mass is 996 g/mol. The number of anilines is 1. The van der Waals surface area contributed by atoms with E-state index in [4.69, 9.17) is 42.1 Å². The van der Waals surface area contributed by atoms with Crippen LogP contribution in [0.15, 0.2) is 97.6 Å². The molecule has 0 radical (unpaired) electrons. The Morgan fingerprint density at radius 1 is 0.614 bits per heavy atom. The van der Waals surface area contributed by atoms with E-state index in [0.29, 0.717) is 55.3 Å². The van der Waals surface area contributed by atoms with E-state index < -0.39 is 23.5 Å². The van der Waals surface area contributed by atoms with Crippen molar-refractivity contribution in [2.75, 3.05) is 25.5 Å². The fourth-order valence-electron chi connectivity index (χ4n) is 7.31. The molecule has 2 aromatic heterocycles. The van der Waals surface area contributed by atoms with Crippen LogP contribution in [0.5, 0.6) is 23.0 Å². The van der Waals surface area contributed by atoms with Gasteiger partial charge in [-0.2, -0.15) is 5.26 Å². The number of nitriles is 1. The number of aliphatic hydroxyl groups is 2. The SMILES string of the molecule is CNc1cncc(COc2cc(OCc3cccc(-c4cccc(COc5cc(OCc6cncc(C#N)c6)c(CNC[C@@H](F)C(C)(C)O)cc5Cl)c4C)c3C)c(Cl)cc2CNC[C@@H](F)C(C)(C)O)c1. The zero-order valence-electron chi connectivity index (χ0n) is 40.4. The van der Waals surface area contributed by atoms with Crippen molar-refractivity contribution in [3.05, 3.63) is 158 Å². The molecular weight excluding hydrogens is 938 g/mol. The van der Waals surface area contributed by atoms with Gasteiger partial charge in [0.05, 0.1) is 32.5 Å². The Labute approximate surface area is 418 Å². The Hall–Kier alpha value is -6.05. The lowest BCUT2D eigenvalue weighted by molar-refractivity contribution is -0.00260. The minimum absolute atomic E-state index is 0.0768. The second-order valence-corrected chi connectivity index (χ2v) is 19.0. The van der Waals surface area contributed by atoms with Crippen LogP contribution in [-0.2, 0) is 39.5 Å². The van der Waals surface area contributed by atoms with Crippen LogP contribution in [-0.4, -0.2) is 63.9 Å². The molecule has 4 aromatic carbocycles. The van der Waals surface area contributed by atoms with Crippen LogP contribution in [0.1, 0.15) is 77.8 Å². The van der Waals surface area contributed by atoms with Crippen LogP contribution in [0.4, 0.5) is 14.5 Å². The molecule has 12 nitrogen and oxygen atoms in total. The average Bonchev–Trinajstić information content (AvgIpc) is 3.33. The Kier molecular flexibility index (Phi) is 18.4. The molecule has 0 saturated heterocycles. The summed E-state index contributed by atoms with van der Waals surface area (Å²) in [4.78, 5) is 8.41. The smallest absolute Gasteiger partial charge is 0.142 e. The Morgan fingerprint density at radius 3 is 1.50 bits per heavy atom. The number of hydrogen-bond acceptors (Lipinski definition) is 12. The van der Waals surface area contributed by atoms with Crippen molar-refractivity contribution >= 4 is 28.9 Å². The summed E-state index contributed by atoms with van der Waals surface area (Å²) < 4.78 is 54.5. The molecule has 2 atom stereocenters. The second-order valence-electron chi connectivity index (χ2n) is 18.1. The summed E-state index contributed by atoms with van der Waals surface area (Å²) in [7, 11) is 1.81. The number of pyridine rings is 2. The van der Waals surface area contributed by atoms with Crippen molar-refractivity contribution in [2.24, 2.45) is 0 Å². The van der Waals surface area contributed by atoms with Crippen molar-refractivity contribution in [1.82, 2.24) is 20.6 Å². The molecule has 0 spiro atoms. The highest BCUT2D eigenvalue weighted by molar-refractivity contribution is 6.32. The number of alkyl halides is 2. The van der Waals surface area contributed by atoms with Gasteiger partial charge >= 0.3 is 0 Å². The molecule has 0 aliphatic heterocycles. The van der Waals surface area contributed by atoms with Crippen LogP contribution < -0.4 is 34.9 Å². The maximum atomic E-state index is 14.6. The van der Waals surface area contributed by atoms with Crippen molar-refractivity contribution in [3.8, 4) is 40.2 Å². The van der Waals surface area contributed by atoms with E-state index in [1.54, 1.807) is 48.9 Å². The van der Waals surface area contributed by atoms with E-state index in [1.807, 2.05) is 51.2 Å². The Bertz CT molecular complexity index is 2780. The van der Waals surface area contributed by atoms with Crippen molar-refractivity contribution < 1.29 is 37.9 Å². The summed E-state index contributed by atoms with van der Waals surface area (Å²) in [6.07, 6.45) is 3.51. The standard InChI is InChI=1S/C54H60Cl2F2N6O6/c1-33-38(31-69-49-18-47(67-29-36-14-35(20-59)21-61-22-36)40(16-45(49)55)24-63-27-51(57)53(3,4)65)10-8-12-43(33)44-13-9-11-39(34(44)2)32-70-50-19-48(68-30-37-15-42(60-7)26-62-23-37)41(17-46(50)56)25-64-28-52(58)54(5,6)66/h8-19,21-23,26,51-52,60,63-66H,24-25,27-32H2,1-7H3/t51-,52-/m1/s1. The number of benzene rings is 4. The zero-order chi connectivity index (χ0) is 50.6. The van der Waals surface area contributed by atoms with Gasteiger partial charge in [0, 0.05) is 92.4 Å². The molecule has 0 bridgehead atoms. The number of halogens is 4. The molecule has 16 heteroatoms. The molecule has 5 N–H and O–H groups in total. The molecule has 0 aliphatic rings. The zero-order valence-corrected chi connectivity index (χ0v) is 41.9. The summed E-state index contributed by atoms with van der Waals surface area (Å²) in [6.45, 7) is 10.7. The van der Waals surface area contributed by atoms with E-state index in [0.717, 1.165) is 44.6 Å². The quantitative estimate of drug-likeness (QED) is 0.0391. The van der Waals surface area contributed by atoms with Crippen molar-refractivity contribution in [1.29, 1.82) is 5.26 Å². The topological polar surface area (TPSA) is 163 Å². The fraction of sp³-hybridized carbons (Fsp3) is 0.352. The number of ether oxygens (including phenoxy) is 4. The highest BCUT2D eigenvalue weighted by atomic mass is 35.5. The normalized spacial score (nSPS) is 12.5. The molecule has 0 unspecified atom stereocenters. The van der Waals surface area contributed by atoms with Crippen LogP contribution in [0.3, 0.4) is 0 Å². The summed E-state index contributed by atoms with van der Waals surface area (Å²) in [5.41, 5.74) is 6.94. The number of nitrogens with one attached hydrogen (secondary N) is 3. The van der Waals surface area contributed by atoms with Gasteiger partial charge in [-0.3, -0.25) is 9.97 Å². The predicted molar refractivity (Wildman–Crippen MR) is 270 cm³/mol. The fourth-order valence-corrected chi connectivity index (χ4v) is 7.79. The van der Waals surface area contributed by atoms with Crippen LogP contribution in [0, 0.1) is 25.2 Å². The van der Waals surface area contributed by atoms with Gasteiger partial charge < -0.3 is 45.1 Å². The van der Waals surface area contributed by atoms with Gasteiger partial charge in [-0.05, 0) is 99.2 Å². The molecule has 70 heavy (non-hydrogen) atoms. The lowest BCUT2D eigenvalue weighted by Gasteiger charge is -2.23. The lowest BCUT2D eigenvalue weighted by atomic mass is 9.92. The molecule has 0 aliphatic carbocycles. The molecule has 0 amide bonds. The number of nitrogens with zero attached hydrogens (tertiary/aromatic N) is 3.